The zero-order valence-corrected chi connectivity index (χ0v) is 36.6. The summed E-state index contributed by atoms with van der Waals surface area (Å²) in [5.74, 6) is -0.696. The van der Waals surface area contributed by atoms with Crippen molar-refractivity contribution in [2.45, 2.75) is 267 Å². The number of rotatable bonds is 0. The van der Waals surface area contributed by atoms with Gasteiger partial charge < -0.3 is 0 Å². The van der Waals surface area contributed by atoms with Crippen LogP contribution < -0.4 is 10.4 Å². The molecule has 0 nitrogen and oxygen atoms in total. The van der Waals surface area contributed by atoms with E-state index in [2.05, 4.69) is 12.1 Å². The van der Waals surface area contributed by atoms with Crippen molar-refractivity contribution < 1.29 is 8.78 Å². The molecule has 0 amide bonds. The Labute approximate surface area is 325 Å². The molecule has 1 aromatic carbocycles. The third-order valence-electron chi connectivity index (χ3n) is 14.4. The predicted octanol–water partition coefficient (Wildman–Crippen LogP) is 16.4. The van der Waals surface area contributed by atoms with Crippen LogP contribution in [-0.2, 0) is 0 Å². The van der Waals surface area contributed by atoms with Crippen molar-refractivity contribution in [2.24, 2.45) is 0 Å². The Bertz CT molecular complexity index is 877. The van der Waals surface area contributed by atoms with Crippen molar-refractivity contribution in [3.63, 3.8) is 0 Å². The van der Waals surface area contributed by atoms with Crippen molar-refractivity contribution in [3.05, 3.63) is 23.8 Å². The highest BCUT2D eigenvalue weighted by Gasteiger charge is 2.41. The first kappa shape index (κ1) is 44.2. The fourth-order valence-corrected chi connectivity index (χ4v) is 21.7. The maximum absolute atomic E-state index is 17.3. The number of fused-ring (bicyclic) bond motifs is 39. The lowest BCUT2D eigenvalue weighted by molar-refractivity contribution is 0.515. The van der Waals surface area contributed by atoms with E-state index < -0.39 is 16.1 Å². The Morgan fingerprint density at radius 3 is 0.519 bits per heavy atom. The van der Waals surface area contributed by atoms with Gasteiger partial charge in [0, 0.05) is 0 Å². The van der Waals surface area contributed by atoms with Gasteiger partial charge in [-0.3, -0.25) is 0 Å². The quantitative estimate of drug-likeness (QED) is 0.231. The predicted molar refractivity (Wildman–Crippen MR) is 232 cm³/mol. The SMILES string of the molecule is Fc1c2ccc(c1F)[Si]13CCCCCCCCCCCCCC[Si]2(CCCCCCCCCCCCCC1)CCCCCCCCCCCCCC3. The van der Waals surface area contributed by atoms with Crippen molar-refractivity contribution in [1.29, 1.82) is 0 Å². The van der Waals surface area contributed by atoms with Gasteiger partial charge >= 0.3 is 0 Å². The van der Waals surface area contributed by atoms with Gasteiger partial charge in [-0.25, -0.2) is 8.78 Å². The Morgan fingerprint density at radius 1 is 0.231 bits per heavy atom. The summed E-state index contributed by atoms with van der Waals surface area (Å²) in [6, 6.07) is 11.7. The fourth-order valence-electron chi connectivity index (χ4n) is 11.0. The lowest BCUT2D eigenvalue weighted by Crippen LogP contribution is -2.54. The molecule has 7 rings (SSSR count). The van der Waals surface area contributed by atoms with Crippen molar-refractivity contribution in [3.8, 4) is 0 Å². The summed E-state index contributed by atoms with van der Waals surface area (Å²) in [5, 5.41) is 1.85. The van der Waals surface area contributed by atoms with Gasteiger partial charge in [-0.15, -0.1) is 0 Å². The van der Waals surface area contributed by atoms with E-state index in [0.29, 0.717) is 0 Å². The van der Waals surface area contributed by atoms with Gasteiger partial charge in [0.1, 0.15) is 0 Å². The van der Waals surface area contributed by atoms with E-state index in [1.54, 1.807) is 0 Å². The molecule has 52 heavy (non-hydrogen) atoms. The minimum absolute atomic E-state index is 0.348. The average Bonchev–Trinajstić information content (AvgIpc) is 3.14. The van der Waals surface area contributed by atoms with Gasteiger partial charge in [0.2, 0.25) is 0 Å². The van der Waals surface area contributed by atoms with Crippen molar-refractivity contribution >= 4 is 26.5 Å². The van der Waals surface area contributed by atoms with Gasteiger partial charge in [-0.05, 0) is 10.4 Å². The number of benzene rings is 1. The molecule has 0 N–H and O–H groups in total. The molecule has 0 unspecified atom stereocenters. The monoisotopic (exact) mass is 757 g/mol. The standard InChI is InChI=1S/C48H86F2Si2/c49-47-45-37-38-46(48(47)50)52-40-32-26-20-14-8-2-1-7-13-19-25-31-39-51(45,41-33-27-21-15-9-3-5-11-17-23-29-35-43-52)42-34-28-22-16-10-4-6-12-18-24-30-36-44-52/h37-38H,1-36,39-44H2. The third kappa shape index (κ3) is 15.9. The Kier molecular flexibility index (Phi) is 23.1. The van der Waals surface area contributed by atoms with Crippen LogP contribution in [0.5, 0.6) is 0 Å². The van der Waals surface area contributed by atoms with E-state index in [0.717, 1.165) is 10.4 Å². The lowest BCUT2D eigenvalue weighted by Gasteiger charge is -2.37. The maximum atomic E-state index is 17.3. The topological polar surface area (TPSA) is 0 Å². The van der Waals surface area contributed by atoms with E-state index >= 15 is 8.78 Å². The molecule has 4 bridgehead atoms. The number of halogens is 2. The molecular weight excluding hydrogens is 671 g/mol. The molecule has 300 valence electrons. The molecule has 6 aliphatic heterocycles. The first-order valence-corrected chi connectivity index (χ1v) is 29.4. The fraction of sp³-hybridized carbons (Fsp3) is 0.875. The van der Waals surface area contributed by atoms with Crippen LogP contribution in [0.4, 0.5) is 8.78 Å². The molecule has 0 aromatic heterocycles. The second-order valence-electron chi connectivity index (χ2n) is 18.6. The molecule has 4 heteroatoms. The van der Waals surface area contributed by atoms with E-state index in [-0.39, 0.29) is 11.6 Å². The zero-order valence-electron chi connectivity index (χ0n) is 34.6. The summed E-state index contributed by atoms with van der Waals surface area (Å²) in [6.45, 7) is 0. The highest BCUT2D eigenvalue weighted by atomic mass is 28.3. The molecule has 0 radical (unpaired) electrons. The Morgan fingerprint density at radius 2 is 0.365 bits per heavy atom. The molecule has 0 fully saturated rings. The molecule has 0 saturated heterocycles. The Balaban J connectivity index is 1.75. The van der Waals surface area contributed by atoms with Gasteiger partial charge in [0.15, 0.2) is 11.6 Å². The first-order chi connectivity index (χ1) is 25.7. The van der Waals surface area contributed by atoms with Crippen LogP contribution in [-0.4, -0.2) is 16.1 Å². The number of hydrogen-bond donors (Lipinski definition) is 0. The molecule has 0 spiro atoms. The Hall–Kier alpha value is -0.486. The molecule has 1 aromatic rings. The minimum atomic E-state index is -2.22. The highest BCUT2D eigenvalue weighted by molar-refractivity contribution is 6.93. The molecule has 0 atom stereocenters. The lowest BCUT2D eigenvalue weighted by atomic mass is 10.1. The van der Waals surface area contributed by atoms with Gasteiger partial charge in [-0.2, -0.15) is 0 Å². The minimum Gasteiger partial charge on any atom is -0.204 e. The second-order valence-corrected chi connectivity index (χ2v) is 27.8. The molecule has 6 heterocycles. The maximum Gasteiger partial charge on any atom is 0.157 e. The van der Waals surface area contributed by atoms with Gasteiger partial charge in [0.25, 0.3) is 0 Å². The van der Waals surface area contributed by atoms with Crippen LogP contribution in [0.25, 0.3) is 0 Å². The van der Waals surface area contributed by atoms with Crippen LogP contribution in [0.1, 0.15) is 231 Å². The van der Waals surface area contributed by atoms with E-state index in [1.807, 2.05) is 0 Å². The zero-order chi connectivity index (χ0) is 36.4. The van der Waals surface area contributed by atoms with E-state index in [4.69, 9.17) is 0 Å². The van der Waals surface area contributed by atoms with Crippen LogP contribution in [0.15, 0.2) is 12.1 Å². The molecule has 0 aliphatic carbocycles. The largest absolute Gasteiger partial charge is 0.204 e. The first-order valence-electron chi connectivity index (χ1n) is 24.2. The smallest absolute Gasteiger partial charge is 0.157 e. The van der Waals surface area contributed by atoms with Crippen molar-refractivity contribution in [2.75, 3.05) is 0 Å². The summed E-state index contributed by atoms with van der Waals surface area (Å²) in [7, 11) is -4.44. The molecule has 0 saturated carbocycles. The normalized spacial score (nSPS) is 28.6. The second kappa shape index (κ2) is 27.2. The van der Waals surface area contributed by atoms with Crippen molar-refractivity contribution in [1.82, 2.24) is 0 Å². The van der Waals surface area contributed by atoms with Crippen LogP contribution in [0.3, 0.4) is 0 Å². The van der Waals surface area contributed by atoms with Crippen LogP contribution >= 0.6 is 0 Å². The average molecular weight is 757 g/mol. The van der Waals surface area contributed by atoms with Crippen LogP contribution in [0, 0.1) is 11.6 Å². The van der Waals surface area contributed by atoms with Crippen LogP contribution in [0.2, 0.25) is 36.3 Å². The third-order valence-corrected chi connectivity index (χ3v) is 25.3. The summed E-state index contributed by atoms with van der Waals surface area (Å²) >= 11 is 0. The summed E-state index contributed by atoms with van der Waals surface area (Å²) in [5.41, 5.74) is 0. The summed E-state index contributed by atoms with van der Waals surface area (Å²) in [4.78, 5) is 0. The highest BCUT2D eigenvalue weighted by Crippen LogP contribution is 2.35. The molecule has 6 aliphatic rings. The number of hydrogen-bond acceptors (Lipinski definition) is 0. The van der Waals surface area contributed by atoms with E-state index in [1.165, 1.54) is 267 Å². The van der Waals surface area contributed by atoms with E-state index in [9.17, 15) is 0 Å². The molecular formula is C48H86F2Si2. The van der Waals surface area contributed by atoms with Gasteiger partial charge in [-0.1, -0.05) is 280 Å². The summed E-state index contributed by atoms with van der Waals surface area (Å²) in [6.07, 6.45) is 48.0. The van der Waals surface area contributed by atoms with Gasteiger partial charge in [0.05, 0.1) is 16.1 Å². The summed E-state index contributed by atoms with van der Waals surface area (Å²) < 4.78 is 34.7.